The van der Waals surface area contributed by atoms with Crippen LogP contribution in [0.5, 0.6) is 5.75 Å². The van der Waals surface area contributed by atoms with E-state index < -0.39 is 12.7 Å². The second-order valence-corrected chi connectivity index (χ2v) is 9.41. The average molecular weight is 464 g/mol. The highest BCUT2D eigenvalue weighted by molar-refractivity contribution is 6.03. The highest BCUT2D eigenvalue weighted by atomic mass is 19.4. The minimum atomic E-state index is -4.18. The van der Waals surface area contributed by atoms with Crippen LogP contribution in [-0.4, -0.2) is 52.9 Å². The second kappa shape index (κ2) is 8.96. The van der Waals surface area contributed by atoms with Gasteiger partial charge in [0.15, 0.2) is 0 Å². The fourth-order valence-corrected chi connectivity index (χ4v) is 5.47. The number of ether oxygens (including phenoxy) is 1. The van der Waals surface area contributed by atoms with Gasteiger partial charge < -0.3 is 9.15 Å². The molecule has 3 fully saturated rings. The lowest BCUT2D eigenvalue weighted by molar-refractivity contribution is -0.149. The molecule has 1 N–H and O–H groups in total. The van der Waals surface area contributed by atoms with E-state index in [0.717, 1.165) is 12.3 Å². The predicted molar refractivity (Wildman–Crippen MR) is 113 cm³/mol. The van der Waals surface area contributed by atoms with E-state index in [1.807, 2.05) is 0 Å². The molecule has 0 spiro atoms. The number of aromatic nitrogens is 2. The van der Waals surface area contributed by atoms with Crippen LogP contribution in [-0.2, 0) is 0 Å². The summed E-state index contributed by atoms with van der Waals surface area (Å²) in [5.74, 6) is 2.52. The highest BCUT2D eigenvalue weighted by Crippen LogP contribution is 2.52. The number of hydrogen-bond acceptors (Lipinski definition) is 6. The molecule has 3 unspecified atom stereocenters. The van der Waals surface area contributed by atoms with Crippen molar-refractivity contribution in [3.63, 3.8) is 0 Å². The van der Waals surface area contributed by atoms with Crippen LogP contribution in [0, 0.1) is 11.8 Å². The summed E-state index contributed by atoms with van der Waals surface area (Å²) in [6, 6.07) is 6.74. The van der Waals surface area contributed by atoms with E-state index >= 15 is 0 Å². The molecule has 178 valence electrons. The summed E-state index contributed by atoms with van der Waals surface area (Å²) in [6.07, 6.45) is 1.55. The maximum absolute atomic E-state index is 12.5. The topological polar surface area (TPSA) is 80.5 Å². The largest absolute Gasteiger partial charge is 0.490 e. The number of anilines is 1. The molecule has 3 atom stereocenters. The normalized spacial score (nSPS) is 26.0. The molecule has 1 aromatic carbocycles. The number of carbonyl (C=O) groups excluding carboxylic acids is 1. The number of fused-ring (bicyclic) bond motifs is 2. The molecular formula is C23H27F3N4O3. The van der Waals surface area contributed by atoms with Crippen LogP contribution in [0.3, 0.4) is 0 Å². The Bertz CT molecular complexity index is 970. The van der Waals surface area contributed by atoms with E-state index in [2.05, 4.69) is 15.5 Å². The number of piperidine rings is 1. The van der Waals surface area contributed by atoms with Crippen molar-refractivity contribution in [3.8, 4) is 5.75 Å². The van der Waals surface area contributed by atoms with Gasteiger partial charge in [0.2, 0.25) is 5.89 Å². The van der Waals surface area contributed by atoms with E-state index in [1.54, 1.807) is 24.3 Å². The van der Waals surface area contributed by atoms with Crippen LogP contribution in [0.15, 0.2) is 28.7 Å². The zero-order chi connectivity index (χ0) is 23.0. The van der Waals surface area contributed by atoms with Crippen molar-refractivity contribution in [1.29, 1.82) is 0 Å². The van der Waals surface area contributed by atoms with Gasteiger partial charge in [-0.25, -0.2) is 0 Å². The Morgan fingerprint density at radius 2 is 1.85 bits per heavy atom. The van der Waals surface area contributed by atoms with Crippen molar-refractivity contribution < 1.29 is 27.1 Å². The van der Waals surface area contributed by atoms with Gasteiger partial charge in [-0.05, 0) is 68.2 Å². The van der Waals surface area contributed by atoms with Gasteiger partial charge in [-0.15, -0.1) is 5.10 Å². The highest BCUT2D eigenvalue weighted by Gasteiger charge is 2.42. The number of rotatable bonds is 6. The number of nitrogens with one attached hydrogen (secondary N) is 1. The smallest absolute Gasteiger partial charge is 0.401 e. The Hall–Kier alpha value is -2.62. The number of benzene rings is 1. The number of halogens is 3. The summed E-state index contributed by atoms with van der Waals surface area (Å²) in [5, 5.41) is 10.8. The SMILES string of the molecule is O=C(Nc1nnc(C2CC3CCC2C3)o1)c1ccc(OC2CCN(CC(F)(F)F)CC2)cc1. The lowest BCUT2D eigenvalue weighted by Crippen LogP contribution is -2.42. The van der Waals surface area contributed by atoms with Crippen molar-refractivity contribution in [2.45, 2.75) is 56.7 Å². The number of hydrogen-bond donors (Lipinski definition) is 1. The van der Waals surface area contributed by atoms with Crippen LogP contribution < -0.4 is 10.1 Å². The Morgan fingerprint density at radius 1 is 1.09 bits per heavy atom. The molecule has 2 saturated carbocycles. The zero-order valence-electron chi connectivity index (χ0n) is 18.2. The summed E-state index contributed by atoms with van der Waals surface area (Å²) < 4.78 is 49.1. The maximum atomic E-state index is 12.5. The number of nitrogens with zero attached hydrogens (tertiary/aromatic N) is 3. The molecule has 3 aliphatic rings. The summed E-state index contributed by atoms with van der Waals surface area (Å²) in [4.78, 5) is 13.9. The Balaban J connectivity index is 1.11. The first-order valence-corrected chi connectivity index (χ1v) is 11.5. The first-order valence-electron chi connectivity index (χ1n) is 11.5. The van der Waals surface area contributed by atoms with Crippen LogP contribution >= 0.6 is 0 Å². The third-order valence-electron chi connectivity index (χ3n) is 7.07. The van der Waals surface area contributed by atoms with Crippen molar-refractivity contribution in [2.24, 2.45) is 11.8 Å². The molecule has 10 heteroatoms. The third-order valence-corrected chi connectivity index (χ3v) is 7.07. The molecule has 0 radical (unpaired) electrons. The van der Waals surface area contributed by atoms with Gasteiger partial charge in [0, 0.05) is 24.6 Å². The first kappa shape index (κ1) is 22.2. The van der Waals surface area contributed by atoms with Gasteiger partial charge in [0.05, 0.1) is 6.54 Å². The number of amides is 1. The quantitative estimate of drug-likeness (QED) is 0.672. The molecular weight excluding hydrogens is 437 g/mol. The molecule has 1 saturated heterocycles. The van der Waals surface area contributed by atoms with Crippen LogP contribution in [0.4, 0.5) is 19.2 Å². The minimum absolute atomic E-state index is 0.101. The van der Waals surface area contributed by atoms with E-state index in [-0.39, 0.29) is 18.0 Å². The first-order chi connectivity index (χ1) is 15.8. The molecule has 2 bridgehead atoms. The van der Waals surface area contributed by atoms with Crippen molar-refractivity contribution in [1.82, 2.24) is 15.1 Å². The van der Waals surface area contributed by atoms with Gasteiger partial charge in [0.25, 0.3) is 5.91 Å². The maximum Gasteiger partial charge on any atom is 0.401 e. The summed E-state index contributed by atoms with van der Waals surface area (Å²) in [6.45, 7) is -0.189. The van der Waals surface area contributed by atoms with Crippen LogP contribution in [0.25, 0.3) is 0 Å². The summed E-state index contributed by atoms with van der Waals surface area (Å²) in [7, 11) is 0. The van der Waals surface area contributed by atoms with Crippen molar-refractivity contribution in [3.05, 3.63) is 35.7 Å². The molecule has 1 aromatic heterocycles. The van der Waals surface area contributed by atoms with Crippen LogP contribution in [0.2, 0.25) is 0 Å². The van der Waals surface area contributed by atoms with Gasteiger partial charge in [-0.2, -0.15) is 13.2 Å². The average Bonchev–Trinajstić information content (AvgIpc) is 3.52. The molecule has 1 aliphatic heterocycles. The van der Waals surface area contributed by atoms with Gasteiger partial charge in [0.1, 0.15) is 11.9 Å². The van der Waals surface area contributed by atoms with Gasteiger partial charge >= 0.3 is 12.2 Å². The summed E-state index contributed by atoms with van der Waals surface area (Å²) >= 11 is 0. The van der Waals surface area contributed by atoms with Crippen molar-refractivity contribution in [2.75, 3.05) is 25.0 Å². The fourth-order valence-electron chi connectivity index (χ4n) is 5.47. The molecule has 2 aliphatic carbocycles. The second-order valence-electron chi connectivity index (χ2n) is 9.41. The molecule has 33 heavy (non-hydrogen) atoms. The third kappa shape index (κ3) is 5.31. The minimum Gasteiger partial charge on any atom is -0.490 e. The Kier molecular flexibility index (Phi) is 6.03. The standard InChI is InChI=1S/C23H27F3N4O3/c24-23(25,26)13-30-9-7-18(8-10-30)32-17-5-3-15(4-6-17)20(31)27-22-29-28-21(33-22)19-12-14-1-2-16(19)11-14/h3-6,14,16,18-19H,1-2,7-13H2,(H,27,29,31). The molecule has 2 heterocycles. The van der Waals surface area contributed by atoms with E-state index in [1.165, 1.54) is 24.2 Å². The summed E-state index contributed by atoms with van der Waals surface area (Å²) in [5.41, 5.74) is 0.419. The lowest BCUT2D eigenvalue weighted by Gasteiger charge is -2.32. The predicted octanol–water partition coefficient (Wildman–Crippen LogP) is 4.63. The van der Waals surface area contributed by atoms with Crippen LogP contribution in [0.1, 0.15) is 60.7 Å². The van der Waals surface area contributed by atoms with Gasteiger partial charge in [-0.1, -0.05) is 11.5 Å². The number of likely N-dealkylation sites (tertiary alicyclic amines) is 1. The molecule has 5 rings (SSSR count). The Morgan fingerprint density at radius 3 is 2.48 bits per heavy atom. The fraction of sp³-hybridized carbons (Fsp3) is 0.609. The lowest BCUT2D eigenvalue weighted by atomic mass is 9.89. The van der Waals surface area contributed by atoms with Gasteiger partial charge in [-0.3, -0.25) is 15.0 Å². The van der Waals surface area contributed by atoms with Crippen molar-refractivity contribution >= 4 is 11.9 Å². The molecule has 2 aromatic rings. The van der Waals surface area contributed by atoms with E-state index in [9.17, 15) is 18.0 Å². The van der Waals surface area contributed by atoms with E-state index in [4.69, 9.17) is 9.15 Å². The molecule has 7 nitrogen and oxygen atoms in total. The zero-order valence-corrected chi connectivity index (χ0v) is 18.2. The monoisotopic (exact) mass is 464 g/mol. The Labute approximate surface area is 189 Å². The number of alkyl halides is 3. The van der Waals surface area contributed by atoms with E-state index in [0.29, 0.717) is 55.0 Å². The number of carbonyl (C=O) groups is 1. The molecule has 1 amide bonds.